The van der Waals surface area contributed by atoms with Crippen molar-refractivity contribution in [2.24, 2.45) is 0 Å². The first kappa shape index (κ1) is 85.1. The third kappa shape index (κ3) is 14.7. The lowest BCUT2D eigenvalue weighted by molar-refractivity contribution is 0.955. The Hall–Kier alpha value is -20.0. The zero-order valence-corrected chi connectivity index (χ0v) is 79.4. The number of aromatic nitrogens is 12. The molecule has 0 radical (unpaired) electrons. The van der Waals surface area contributed by atoms with E-state index in [1.165, 1.54) is 124 Å². The summed E-state index contributed by atoms with van der Waals surface area (Å²) in [6, 6.07) is 179. The molecular formula is C135H84N12. The van der Waals surface area contributed by atoms with Crippen LogP contribution in [0.1, 0.15) is 0 Å². The topological polar surface area (TPSA) is 131 Å². The summed E-state index contributed by atoms with van der Waals surface area (Å²) in [5.41, 5.74) is 19.1. The number of nitrogens with zero attached hydrogens (tertiary/aromatic N) is 12. The van der Waals surface area contributed by atoms with E-state index in [4.69, 9.17) is 44.9 Å². The largest absolute Gasteiger partial charge is 0.277 e. The fraction of sp³-hybridized carbons (Fsp3) is 0. The van der Waals surface area contributed by atoms with Gasteiger partial charge in [0.05, 0.1) is 33.1 Å². The quantitative estimate of drug-likeness (QED) is 0.110. The fourth-order valence-electron chi connectivity index (χ4n) is 22.1. The van der Waals surface area contributed by atoms with E-state index in [9.17, 15) is 0 Å². The average Bonchev–Trinajstić information content (AvgIpc) is 1.65. The van der Waals surface area contributed by atoms with E-state index in [-0.39, 0.29) is 0 Å². The van der Waals surface area contributed by atoms with Crippen LogP contribution in [0.3, 0.4) is 0 Å². The van der Waals surface area contributed by atoms with Gasteiger partial charge in [-0.3, -0.25) is 13.7 Å². The van der Waals surface area contributed by atoms with Crippen LogP contribution < -0.4 is 0 Å². The Morgan fingerprint density at radius 2 is 0.354 bits per heavy atom. The molecule has 24 aromatic carbocycles. The molecular weight excluding hydrogens is 1790 g/mol. The van der Waals surface area contributed by atoms with Crippen molar-refractivity contribution in [2.75, 3.05) is 0 Å². The molecule has 0 fully saturated rings. The summed E-state index contributed by atoms with van der Waals surface area (Å²) in [5.74, 6) is 5.55. The summed E-state index contributed by atoms with van der Waals surface area (Å²) in [6.07, 6.45) is 0. The van der Waals surface area contributed by atoms with Gasteiger partial charge in [0.2, 0.25) is 17.8 Å². The molecule has 6 heterocycles. The van der Waals surface area contributed by atoms with Crippen LogP contribution in [-0.2, 0) is 0 Å². The molecule has 12 heteroatoms. The van der Waals surface area contributed by atoms with Gasteiger partial charge in [-0.05, 0) is 127 Å². The van der Waals surface area contributed by atoms with Gasteiger partial charge < -0.3 is 0 Å². The minimum Gasteiger partial charge on any atom is -0.277 e. The number of rotatable bonds is 12. The second-order valence-corrected chi connectivity index (χ2v) is 37.3. The molecule has 0 bridgehead atoms. The summed E-state index contributed by atoms with van der Waals surface area (Å²) in [5, 5.41) is 28.7. The monoisotopic (exact) mass is 1870 g/mol. The molecule has 12 nitrogen and oxygen atoms in total. The van der Waals surface area contributed by atoms with Gasteiger partial charge in [-0.2, -0.15) is 29.9 Å². The lowest BCUT2D eigenvalue weighted by atomic mass is 9.95. The van der Waals surface area contributed by atoms with E-state index in [1.54, 1.807) is 0 Å². The van der Waals surface area contributed by atoms with Crippen molar-refractivity contribution < 1.29 is 0 Å². The molecule has 30 rings (SSSR count). The summed E-state index contributed by atoms with van der Waals surface area (Å²) >= 11 is 0. The van der Waals surface area contributed by atoms with Gasteiger partial charge in [0, 0.05) is 87.2 Å². The Kier molecular flexibility index (Phi) is 20.6. The first-order valence-electron chi connectivity index (χ1n) is 49.6. The lowest BCUT2D eigenvalue weighted by Crippen LogP contribution is -2.07. The van der Waals surface area contributed by atoms with Crippen molar-refractivity contribution in [3.05, 3.63) is 510 Å². The van der Waals surface area contributed by atoms with Crippen molar-refractivity contribution in [3.8, 4) is 120 Å². The van der Waals surface area contributed by atoms with Crippen LogP contribution in [0.5, 0.6) is 0 Å². The summed E-state index contributed by atoms with van der Waals surface area (Å²) < 4.78 is 6.82. The Labute approximate surface area is 844 Å². The summed E-state index contributed by atoms with van der Waals surface area (Å²) in [4.78, 5) is 46.9. The van der Waals surface area contributed by atoms with Crippen LogP contribution in [0, 0.1) is 0 Å². The van der Waals surface area contributed by atoms with E-state index in [0.717, 1.165) is 105 Å². The second kappa shape index (κ2) is 35.7. The number of hydrogen-bond acceptors (Lipinski definition) is 9. The molecule has 0 unspecified atom stereocenters. The molecule has 147 heavy (non-hydrogen) atoms. The SMILES string of the molecule is c1ccc(-c2ccc(-c3nc(-c4ccccc4)nc(-n4c5c6ccccc6ccc5c5c6ccccc6c6ccccc6c54)n3)cc2)cc1.c1ccc(-c2ccc(-c3nc(-c4ccccc4)nc(-n4c5cc6ccccc6cc5c5c6ccccc6c6ccccc6c54)n3)cc2)cc1.c1ccc(-c2ccc(-c3nc(-c4ccccc4)nc(-n4c5ccc6ccccc6c5c5c6ccccc6c6ccccc6c54)n3)cc2)cc1. The maximum absolute atomic E-state index is 5.31. The van der Waals surface area contributed by atoms with Crippen molar-refractivity contribution in [1.82, 2.24) is 58.6 Å². The summed E-state index contributed by atoms with van der Waals surface area (Å²) in [6.45, 7) is 0. The molecule has 0 N–H and O–H groups in total. The van der Waals surface area contributed by atoms with E-state index in [0.29, 0.717) is 52.8 Å². The van der Waals surface area contributed by atoms with Gasteiger partial charge in [0.25, 0.3) is 0 Å². The molecule has 0 saturated carbocycles. The lowest BCUT2D eigenvalue weighted by Gasteiger charge is -2.14. The second-order valence-electron chi connectivity index (χ2n) is 37.3. The van der Waals surface area contributed by atoms with Crippen LogP contribution in [0.15, 0.2) is 510 Å². The van der Waals surface area contributed by atoms with Gasteiger partial charge in [0.15, 0.2) is 34.9 Å². The predicted molar refractivity (Wildman–Crippen MR) is 609 cm³/mol. The van der Waals surface area contributed by atoms with Crippen LogP contribution >= 0.6 is 0 Å². The van der Waals surface area contributed by atoms with Crippen LogP contribution in [0.2, 0.25) is 0 Å². The van der Waals surface area contributed by atoms with Gasteiger partial charge in [-0.1, -0.05) is 491 Å². The highest BCUT2D eigenvalue weighted by atomic mass is 15.2. The Bertz CT molecular complexity index is 10200. The Morgan fingerprint density at radius 3 is 0.735 bits per heavy atom. The predicted octanol–water partition coefficient (Wildman–Crippen LogP) is 34.3. The van der Waals surface area contributed by atoms with Crippen LogP contribution in [-0.4, -0.2) is 58.6 Å². The molecule has 30 aromatic rings. The highest BCUT2D eigenvalue weighted by Crippen LogP contribution is 2.50. The van der Waals surface area contributed by atoms with E-state index in [1.807, 2.05) is 72.8 Å². The molecule has 0 amide bonds. The normalized spacial score (nSPS) is 11.7. The zero-order chi connectivity index (χ0) is 96.9. The van der Waals surface area contributed by atoms with Gasteiger partial charge >= 0.3 is 0 Å². The van der Waals surface area contributed by atoms with Crippen molar-refractivity contribution in [3.63, 3.8) is 0 Å². The Morgan fingerprint density at radius 1 is 0.116 bits per heavy atom. The molecule has 684 valence electrons. The molecule has 0 saturated heterocycles. The maximum Gasteiger partial charge on any atom is 0.238 e. The third-order valence-corrected chi connectivity index (χ3v) is 28.9. The maximum atomic E-state index is 5.31. The minimum absolute atomic E-state index is 0.590. The van der Waals surface area contributed by atoms with Crippen molar-refractivity contribution in [1.29, 1.82) is 0 Å². The number of fused-ring (bicyclic) bond motifs is 29. The smallest absolute Gasteiger partial charge is 0.238 e. The highest BCUT2D eigenvalue weighted by molar-refractivity contribution is 6.38. The molecule has 6 aromatic heterocycles. The van der Waals surface area contributed by atoms with Gasteiger partial charge in [0.1, 0.15) is 0 Å². The van der Waals surface area contributed by atoms with E-state index < -0.39 is 0 Å². The van der Waals surface area contributed by atoms with E-state index in [2.05, 4.69) is 450 Å². The highest BCUT2D eigenvalue weighted by Gasteiger charge is 2.29. The molecule has 0 atom stereocenters. The molecule has 0 aliphatic rings. The van der Waals surface area contributed by atoms with Crippen LogP contribution in [0.4, 0.5) is 0 Å². The van der Waals surface area contributed by atoms with Crippen LogP contribution in [0.25, 0.3) is 282 Å². The number of benzene rings is 24. The Balaban J connectivity index is 0.000000107. The minimum atomic E-state index is 0.590. The average molecular weight is 1870 g/mol. The zero-order valence-electron chi connectivity index (χ0n) is 79.4. The van der Waals surface area contributed by atoms with Gasteiger partial charge in [-0.15, -0.1) is 0 Å². The third-order valence-electron chi connectivity index (χ3n) is 28.9. The molecule has 0 aliphatic heterocycles. The van der Waals surface area contributed by atoms with Crippen molar-refractivity contribution in [2.45, 2.75) is 0 Å². The molecule has 0 aliphatic carbocycles. The fourth-order valence-corrected chi connectivity index (χ4v) is 22.1. The van der Waals surface area contributed by atoms with E-state index >= 15 is 0 Å². The standard InChI is InChI=1S/3C45H28N4/c1-3-13-29(14-4-1)30-23-25-33(26-24-30)44-46-43(32-16-5-2-6-17-32)47-45(48-44)49-41-34-18-8-7-15-31(34)27-28-39(41)40-37-21-11-9-19-35(37)36-20-10-12-22-38(36)42(40)49;1-3-13-29(14-4-1)30-23-25-33(26-24-30)44-46-43(32-16-5-2-6-17-32)47-45(48-44)49-39-28-27-31-15-7-8-18-34(31)40(39)41-37-21-11-9-19-35(37)36-20-10-12-22-38(36)42(41)49;1-3-13-29(14-4-1)30-23-25-32(26-24-30)44-46-43(31-15-5-2-6-16-31)47-45(48-44)49-40-28-34-18-8-7-17-33(34)27-39(40)41-37-21-11-9-19-35(37)36-20-10-12-22-38(36)42(41)49/h3*1-28H. The first-order valence-corrected chi connectivity index (χ1v) is 49.6. The molecule has 0 spiro atoms. The van der Waals surface area contributed by atoms with Gasteiger partial charge in [-0.25, -0.2) is 15.0 Å². The van der Waals surface area contributed by atoms with Crippen molar-refractivity contribution >= 4 is 162 Å². The number of hydrogen-bond donors (Lipinski definition) is 0. The summed E-state index contributed by atoms with van der Waals surface area (Å²) in [7, 11) is 0. The first-order chi connectivity index (χ1) is 72.9.